The topological polar surface area (TPSA) is 90.0 Å². The molecule has 1 aromatic carbocycles. The molecule has 1 heterocycles. The van der Waals surface area contributed by atoms with E-state index in [9.17, 15) is 19.2 Å². The van der Waals surface area contributed by atoms with Gasteiger partial charge in [-0.1, -0.05) is 12.2 Å². The van der Waals surface area contributed by atoms with Gasteiger partial charge in [-0.15, -0.1) is 0 Å². The zero-order valence-electron chi connectivity index (χ0n) is 14.8. The lowest BCUT2D eigenvalue weighted by molar-refractivity contribution is -0.152. The second-order valence-corrected chi connectivity index (χ2v) is 7.07. The molecule has 1 aliphatic heterocycles. The molecule has 4 rings (SSSR count). The van der Waals surface area contributed by atoms with E-state index >= 15 is 0 Å². The molecule has 7 nitrogen and oxygen atoms in total. The maximum Gasteiger partial charge on any atom is 0.326 e. The molecule has 2 aliphatic carbocycles. The van der Waals surface area contributed by atoms with E-state index in [0.717, 1.165) is 11.3 Å². The molecule has 4 atom stereocenters. The van der Waals surface area contributed by atoms with Gasteiger partial charge in [-0.3, -0.25) is 24.1 Å². The summed E-state index contributed by atoms with van der Waals surface area (Å²) < 4.78 is 10.0. The fourth-order valence-corrected chi connectivity index (χ4v) is 4.30. The summed E-state index contributed by atoms with van der Waals surface area (Å²) in [6, 6.07) is 6.43. The lowest BCUT2D eigenvalue weighted by Gasteiger charge is -2.16. The third kappa shape index (κ3) is 2.93. The summed E-state index contributed by atoms with van der Waals surface area (Å²) in [6.45, 7) is -0.888. The van der Waals surface area contributed by atoms with Crippen LogP contribution in [-0.4, -0.2) is 48.7 Å². The van der Waals surface area contributed by atoms with Crippen molar-refractivity contribution in [3.63, 3.8) is 0 Å². The van der Waals surface area contributed by atoms with Gasteiger partial charge in [-0.2, -0.15) is 0 Å². The smallest absolute Gasteiger partial charge is 0.326 e. The van der Waals surface area contributed by atoms with Crippen LogP contribution >= 0.6 is 0 Å². The number of allylic oxidation sites excluding steroid dienone is 2. The number of amides is 2. The van der Waals surface area contributed by atoms with Crippen molar-refractivity contribution in [2.75, 3.05) is 20.3 Å². The Kier molecular flexibility index (Phi) is 4.30. The minimum absolute atomic E-state index is 0.0918. The van der Waals surface area contributed by atoms with Gasteiger partial charge in [0, 0.05) is 5.56 Å². The van der Waals surface area contributed by atoms with Gasteiger partial charge in [0.1, 0.15) is 12.3 Å². The molecule has 0 radical (unpaired) electrons. The van der Waals surface area contributed by atoms with Crippen molar-refractivity contribution in [3.8, 4) is 5.75 Å². The molecule has 2 bridgehead atoms. The molecule has 0 spiro atoms. The van der Waals surface area contributed by atoms with E-state index in [4.69, 9.17) is 9.47 Å². The number of rotatable bonds is 6. The summed E-state index contributed by atoms with van der Waals surface area (Å²) >= 11 is 0. The van der Waals surface area contributed by atoms with Crippen LogP contribution in [0.5, 0.6) is 5.75 Å². The fraction of sp³-hybridized carbons (Fsp3) is 0.400. The number of benzene rings is 1. The van der Waals surface area contributed by atoms with E-state index in [2.05, 4.69) is 0 Å². The molecule has 7 heteroatoms. The van der Waals surface area contributed by atoms with Crippen molar-refractivity contribution in [3.05, 3.63) is 42.0 Å². The number of likely N-dealkylation sites (tertiary alicyclic amines) is 1. The van der Waals surface area contributed by atoms with Crippen LogP contribution in [0.25, 0.3) is 0 Å². The lowest BCUT2D eigenvalue weighted by Crippen LogP contribution is -2.38. The van der Waals surface area contributed by atoms with Crippen LogP contribution in [0, 0.1) is 23.7 Å². The zero-order valence-corrected chi connectivity index (χ0v) is 14.8. The molecule has 0 unspecified atom stereocenters. The molecule has 27 heavy (non-hydrogen) atoms. The summed E-state index contributed by atoms with van der Waals surface area (Å²) in [5, 5.41) is 0. The number of nitrogens with zero attached hydrogens (tertiary/aromatic N) is 1. The highest BCUT2D eigenvalue weighted by molar-refractivity contribution is 6.08. The number of ether oxygens (including phenoxy) is 2. The molecule has 1 saturated carbocycles. The van der Waals surface area contributed by atoms with Crippen molar-refractivity contribution in [2.45, 2.75) is 6.42 Å². The highest BCUT2D eigenvalue weighted by Gasteiger charge is 2.59. The highest BCUT2D eigenvalue weighted by atomic mass is 16.5. The van der Waals surface area contributed by atoms with Gasteiger partial charge in [0.25, 0.3) is 0 Å². The van der Waals surface area contributed by atoms with E-state index in [1.807, 2.05) is 12.2 Å². The normalized spacial score (nSPS) is 27.8. The minimum atomic E-state index is -0.765. The van der Waals surface area contributed by atoms with Crippen LogP contribution in [-0.2, 0) is 19.1 Å². The Morgan fingerprint density at radius 1 is 1.04 bits per heavy atom. The van der Waals surface area contributed by atoms with Gasteiger partial charge in [-0.25, -0.2) is 0 Å². The molecular formula is C20H19NO6. The monoisotopic (exact) mass is 369 g/mol. The van der Waals surface area contributed by atoms with E-state index < -0.39 is 19.1 Å². The van der Waals surface area contributed by atoms with Gasteiger partial charge >= 0.3 is 5.97 Å². The SMILES string of the molecule is COc1ccc(C(=O)COC(=O)CN2C(=O)[C@@H]3[C@@H](C2=O)[C@@H]2C=C[C@@H]3C2)cc1. The number of carbonyl (C=O) groups excluding carboxylic acids is 4. The Morgan fingerprint density at radius 3 is 2.19 bits per heavy atom. The van der Waals surface area contributed by atoms with Crippen LogP contribution in [0.4, 0.5) is 0 Å². The van der Waals surface area contributed by atoms with Crippen LogP contribution in [0.15, 0.2) is 36.4 Å². The zero-order chi connectivity index (χ0) is 19.1. The average Bonchev–Trinajstić information content (AvgIpc) is 3.36. The maximum absolute atomic E-state index is 12.5. The van der Waals surface area contributed by atoms with Crippen LogP contribution in [0.1, 0.15) is 16.8 Å². The maximum atomic E-state index is 12.5. The molecule has 140 valence electrons. The Morgan fingerprint density at radius 2 is 1.63 bits per heavy atom. The number of fused-ring (bicyclic) bond motifs is 5. The minimum Gasteiger partial charge on any atom is -0.497 e. The highest BCUT2D eigenvalue weighted by Crippen LogP contribution is 2.52. The van der Waals surface area contributed by atoms with Gasteiger partial charge in [0.05, 0.1) is 18.9 Å². The van der Waals surface area contributed by atoms with Gasteiger partial charge in [0.15, 0.2) is 12.4 Å². The summed E-state index contributed by atoms with van der Waals surface area (Å²) in [6.07, 6.45) is 4.82. The number of ketones is 1. The van der Waals surface area contributed by atoms with Gasteiger partial charge in [-0.05, 0) is 42.5 Å². The Bertz CT molecular complexity index is 813. The number of hydrogen-bond donors (Lipinski definition) is 0. The number of Topliss-reactive ketones (excluding diaryl/α,β-unsaturated/α-hetero) is 1. The first-order chi connectivity index (χ1) is 13.0. The second-order valence-electron chi connectivity index (χ2n) is 7.07. The van der Waals surface area contributed by atoms with Gasteiger partial charge < -0.3 is 9.47 Å². The van der Waals surface area contributed by atoms with E-state index in [0.29, 0.717) is 11.3 Å². The third-order valence-corrected chi connectivity index (χ3v) is 5.63. The largest absolute Gasteiger partial charge is 0.497 e. The summed E-state index contributed by atoms with van der Waals surface area (Å²) in [5.74, 6) is -1.64. The molecular weight excluding hydrogens is 350 g/mol. The van der Waals surface area contributed by atoms with E-state index in [-0.39, 0.29) is 41.3 Å². The fourth-order valence-electron chi connectivity index (χ4n) is 4.30. The Labute approximate surface area is 155 Å². The molecule has 0 N–H and O–H groups in total. The Balaban J connectivity index is 1.32. The predicted molar refractivity (Wildman–Crippen MR) is 92.7 cm³/mol. The number of imide groups is 1. The van der Waals surface area contributed by atoms with Crippen molar-refractivity contribution in [2.24, 2.45) is 23.7 Å². The average molecular weight is 369 g/mol. The first kappa shape index (κ1) is 17.5. The quantitative estimate of drug-likeness (QED) is 0.324. The molecule has 1 saturated heterocycles. The number of hydrogen-bond acceptors (Lipinski definition) is 6. The van der Waals surface area contributed by atoms with Crippen molar-refractivity contribution < 1.29 is 28.7 Å². The first-order valence-electron chi connectivity index (χ1n) is 8.86. The van der Waals surface area contributed by atoms with Crippen LogP contribution < -0.4 is 4.74 Å². The van der Waals surface area contributed by atoms with Crippen LogP contribution in [0.2, 0.25) is 0 Å². The van der Waals surface area contributed by atoms with E-state index in [1.54, 1.807) is 24.3 Å². The summed E-state index contributed by atoms with van der Waals surface area (Å²) in [5.41, 5.74) is 0.383. The number of esters is 1. The molecule has 1 aromatic rings. The number of carbonyl (C=O) groups is 4. The molecule has 2 amide bonds. The third-order valence-electron chi connectivity index (χ3n) is 5.63. The molecule has 0 aromatic heterocycles. The van der Waals surface area contributed by atoms with E-state index in [1.165, 1.54) is 7.11 Å². The lowest BCUT2D eigenvalue weighted by atomic mass is 9.85. The summed E-state index contributed by atoms with van der Waals surface area (Å²) in [7, 11) is 1.52. The van der Waals surface area contributed by atoms with Crippen molar-refractivity contribution in [1.29, 1.82) is 0 Å². The first-order valence-corrected chi connectivity index (χ1v) is 8.86. The molecule has 2 fully saturated rings. The van der Waals surface area contributed by atoms with Crippen LogP contribution in [0.3, 0.4) is 0 Å². The molecule has 3 aliphatic rings. The van der Waals surface area contributed by atoms with Gasteiger partial charge in [0.2, 0.25) is 11.8 Å². The Hall–Kier alpha value is -2.96. The number of methoxy groups -OCH3 is 1. The standard InChI is InChI=1S/C20H19NO6/c1-26-14-6-4-11(5-7-14)15(22)10-27-16(23)9-21-19(24)17-12-2-3-13(8-12)18(17)20(21)25/h2-7,12-13,17-18H,8-10H2,1H3/t12-,13-,17+,18+/m1/s1. The van der Waals surface area contributed by atoms with Crippen molar-refractivity contribution >= 4 is 23.6 Å². The summed E-state index contributed by atoms with van der Waals surface area (Å²) in [4.78, 5) is 50.2. The second kappa shape index (κ2) is 6.64. The predicted octanol–water partition coefficient (Wildman–Crippen LogP) is 1.23. The van der Waals surface area contributed by atoms with Crippen molar-refractivity contribution in [1.82, 2.24) is 4.90 Å².